The minimum Gasteiger partial charge on any atom is -0.507 e. The van der Waals surface area contributed by atoms with Gasteiger partial charge in [0, 0.05) is 15.7 Å². The molecule has 9 heteroatoms. The molecule has 3 aromatic rings. The number of amides is 1. The normalized spacial score (nSPS) is 16.9. The van der Waals surface area contributed by atoms with Crippen molar-refractivity contribution in [2.24, 2.45) is 0 Å². The monoisotopic (exact) mass is 541 g/mol. The van der Waals surface area contributed by atoms with Gasteiger partial charge in [-0.25, -0.2) is 4.39 Å². The van der Waals surface area contributed by atoms with Gasteiger partial charge in [0.05, 0.1) is 32.9 Å². The second kappa shape index (κ2) is 9.79. The highest BCUT2D eigenvalue weighted by molar-refractivity contribution is 9.10. The molecule has 0 radical (unpaired) electrons. The second-order valence-electron chi connectivity index (χ2n) is 7.61. The van der Waals surface area contributed by atoms with Gasteiger partial charge in [-0.15, -0.1) is 0 Å². The average molecular weight is 542 g/mol. The third kappa shape index (κ3) is 4.35. The number of halogens is 2. The number of methoxy groups -OCH3 is 3. The molecule has 4 rings (SSSR count). The molecule has 35 heavy (non-hydrogen) atoms. The van der Waals surface area contributed by atoms with Crippen LogP contribution in [-0.4, -0.2) is 38.1 Å². The van der Waals surface area contributed by atoms with Crippen LogP contribution in [0.2, 0.25) is 0 Å². The number of rotatable bonds is 6. The van der Waals surface area contributed by atoms with Crippen molar-refractivity contribution in [2.75, 3.05) is 26.2 Å². The summed E-state index contributed by atoms with van der Waals surface area (Å²) in [5.41, 5.74) is 0.919. The largest absolute Gasteiger partial charge is 0.507 e. The van der Waals surface area contributed by atoms with E-state index >= 15 is 0 Å². The third-order valence-corrected chi connectivity index (χ3v) is 6.20. The smallest absolute Gasteiger partial charge is 0.300 e. The number of carbonyl (C=O) groups excluding carboxylic acids is 2. The zero-order valence-electron chi connectivity index (χ0n) is 19.0. The molecule has 3 aromatic carbocycles. The van der Waals surface area contributed by atoms with Gasteiger partial charge in [-0.05, 0) is 54.1 Å². The number of aliphatic hydroxyl groups excluding tert-OH is 1. The van der Waals surface area contributed by atoms with Crippen molar-refractivity contribution < 1.29 is 33.3 Å². The van der Waals surface area contributed by atoms with Crippen molar-refractivity contribution >= 4 is 39.1 Å². The molecule has 1 heterocycles. The van der Waals surface area contributed by atoms with Crippen LogP contribution < -0.4 is 19.1 Å². The van der Waals surface area contributed by atoms with Crippen LogP contribution in [0.4, 0.5) is 10.1 Å². The molecule has 1 atom stereocenters. The molecular formula is C26H21BrFNO6. The number of aliphatic hydroxyl groups is 1. The van der Waals surface area contributed by atoms with Crippen LogP contribution in [0.15, 0.2) is 70.7 Å². The highest BCUT2D eigenvalue weighted by Crippen LogP contribution is 2.47. The molecule has 1 amide bonds. The predicted molar refractivity (Wildman–Crippen MR) is 131 cm³/mol. The Hall–Kier alpha value is -3.85. The first-order chi connectivity index (χ1) is 16.8. The SMILES string of the molecule is COc1cc(C2/C(=C(\O)c3ccc(Br)cc3)C(=O)C(=O)N2c2ccc(F)cc2)cc(OC)c1OC. The summed E-state index contributed by atoms with van der Waals surface area (Å²) in [6, 6.07) is 14.0. The van der Waals surface area contributed by atoms with E-state index < -0.39 is 23.5 Å². The van der Waals surface area contributed by atoms with E-state index in [4.69, 9.17) is 14.2 Å². The van der Waals surface area contributed by atoms with Gasteiger partial charge < -0.3 is 19.3 Å². The number of hydrogen-bond donors (Lipinski definition) is 1. The van der Waals surface area contributed by atoms with Gasteiger partial charge in [0.2, 0.25) is 5.75 Å². The Labute approximate surface area is 209 Å². The van der Waals surface area contributed by atoms with Crippen LogP contribution in [0, 0.1) is 5.82 Å². The lowest BCUT2D eigenvalue weighted by Crippen LogP contribution is -2.29. The standard InChI is InChI=1S/C26H21BrFNO6/c1-33-19-12-15(13-20(34-2)25(19)35-3)22-21(23(30)14-4-6-16(27)7-5-14)24(31)26(32)29(22)18-10-8-17(28)9-11-18/h4-13,22,30H,1-3H3/b23-21+. The first-order valence-corrected chi connectivity index (χ1v) is 11.2. The van der Waals surface area contributed by atoms with E-state index in [0.29, 0.717) is 28.4 Å². The number of anilines is 1. The van der Waals surface area contributed by atoms with E-state index in [1.165, 1.54) is 50.5 Å². The summed E-state index contributed by atoms with van der Waals surface area (Å²) in [5.74, 6) is -1.66. The number of hydrogen-bond acceptors (Lipinski definition) is 6. The minimum absolute atomic E-state index is 0.129. The van der Waals surface area contributed by atoms with Crippen LogP contribution >= 0.6 is 15.9 Å². The molecule has 0 saturated carbocycles. The summed E-state index contributed by atoms with van der Waals surface area (Å²) < 4.78 is 30.7. The van der Waals surface area contributed by atoms with Gasteiger partial charge in [-0.3, -0.25) is 14.5 Å². The van der Waals surface area contributed by atoms with E-state index in [1.54, 1.807) is 36.4 Å². The zero-order chi connectivity index (χ0) is 25.3. The molecule has 1 aliphatic rings. The average Bonchev–Trinajstić information content (AvgIpc) is 3.13. The highest BCUT2D eigenvalue weighted by Gasteiger charge is 2.47. The Morgan fingerprint density at radius 2 is 1.49 bits per heavy atom. The van der Waals surface area contributed by atoms with E-state index in [2.05, 4.69) is 15.9 Å². The first-order valence-electron chi connectivity index (χ1n) is 10.4. The zero-order valence-corrected chi connectivity index (χ0v) is 20.6. The summed E-state index contributed by atoms with van der Waals surface area (Å²) in [5, 5.41) is 11.2. The number of ketones is 1. The van der Waals surface area contributed by atoms with Gasteiger partial charge in [-0.1, -0.05) is 28.1 Å². The van der Waals surface area contributed by atoms with Crippen LogP contribution in [0.25, 0.3) is 5.76 Å². The number of benzene rings is 3. The molecule has 1 saturated heterocycles. The molecule has 0 aromatic heterocycles. The van der Waals surface area contributed by atoms with Gasteiger partial charge in [0.25, 0.3) is 11.7 Å². The summed E-state index contributed by atoms with van der Waals surface area (Å²) in [4.78, 5) is 27.7. The first kappa shape index (κ1) is 24.3. The number of Topliss-reactive ketones (excluding diaryl/α,β-unsaturated/α-hetero) is 1. The Morgan fingerprint density at radius 1 is 0.914 bits per heavy atom. The third-order valence-electron chi connectivity index (χ3n) is 5.67. The lowest BCUT2D eigenvalue weighted by Gasteiger charge is -2.26. The molecule has 180 valence electrons. The maximum absolute atomic E-state index is 13.6. The van der Waals surface area contributed by atoms with Gasteiger partial charge in [0.1, 0.15) is 11.6 Å². The molecule has 1 N–H and O–H groups in total. The van der Waals surface area contributed by atoms with Crippen LogP contribution in [0.5, 0.6) is 17.2 Å². The molecule has 0 bridgehead atoms. The van der Waals surface area contributed by atoms with Crippen molar-refractivity contribution in [1.82, 2.24) is 0 Å². The maximum Gasteiger partial charge on any atom is 0.300 e. The van der Waals surface area contributed by atoms with Gasteiger partial charge in [-0.2, -0.15) is 0 Å². The van der Waals surface area contributed by atoms with Crippen LogP contribution in [-0.2, 0) is 9.59 Å². The lowest BCUT2D eigenvalue weighted by atomic mass is 9.94. The van der Waals surface area contributed by atoms with Crippen molar-refractivity contribution in [3.05, 3.63) is 87.7 Å². The van der Waals surface area contributed by atoms with E-state index in [-0.39, 0.29) is 17.0 Å². The summed E-state index contributed by atoms with van der Waals surface area (Å²) in [6.45, 7) is 0. The van der Waals surface area contributed by atoms with Crippen molar-refractivity contribution in [2.45, 2.75) is 6.04 Å². The summed E-state index contributed by atoms with van der Waals surface area (Å²) >= 11 is 3.34. The van der Waals surface area contributed by atoms with Crippen LogP contribution in [0.3, 0.4) is 0 Å². The van der Waals surface area contributed by atoms with Crippen LogP contribution in [0.1, 0.15) is 17.2 Å². The van der Waals surface area contributed by atoms with Crippen molar-refractivity contribution in [3.8, 4) is 17.2 Å². The molecule has 0 spiro atoms. The predicted octanol–water partition coefficient (Wildman–Crippen LogP) is 5.24. The fourth-order valence-electron chi connectivity index (χ4n) is 4.04. The van der Waals surface area contributed by atoms with Crippen molar-refractivity contribution in [3.63, 3.8) is 0 Å². The minimum atomic E-state index is -1.06. The van der Waals surface area contributed by atoms with E-state index in [9.17, 15) is 19.1 Å². The quantitative estimate of drug-likeness (QED) is 0.261. The number of ether oxygens (including phenoxy) is 3. The fourth-order valence-corrected chi connectivity index (χ4v) is 4.30. The Morgan fingerprint density at radius 3 is 2.00 bits per heavy atom. The second-order valence-corrected chi connectivity index (χ2v) is 8.53. The highest BCUT2D eigenvalue weighted by atomic mass is 79.9. The van der Waals surface area contributed by atoms with Gasteiger partial charge in [0.15, 0.2) is 11.5 Å². The van der Waals surface area contributed by atoms with Gasteiger partial charge >= 0.3 is 0 Å². The number of nitrogens with zero attached hydrogens (tertiary/aromatic N) is 1. The lowest BCUT2D eigenvalue weighted by molar-refractivity contribution is -0.132. The molecule has 1 unspecified atom stereocenters. The molecular weight excluding hydrogens is 521 g/mol. The molecule has 0 aliphatic carbocycles. The molecule has 1 fully saturated rings. The Kier molecular flexibility index (Phi) is 6.79. The summed E-state index contributed by atoms with van der Waals surface area (Å²) in [7, 11) is 4.35. The molecule has 1 aliphatic heterocycles. The fraction of sp³-hybridized carbons (Fsp3) is 0.154. The number of carbonyl (C=O) groups is 2. The summed E-state index contributed by atoms with van der Waals surface area (Å²) in [6.07, 6.45) is 0. The maximum atomic E-state index is 13.6. The van der Waals surface area contributed by atoms with Crippen molar-refractivity contribution in [1.29, 1.82) is 0 Å². The Bertz CT molecular complexity index is 1300. The topological polar surface area (TPSA) is 85.3 Å². The van der Waals surface area contributed by atoms with E-state index in [1.807, 2.05) is 0 Å². The Balaban J connectivity index is 2.00. The molecule has 7 nitrogen and oxygen atoms in total. The van der Waals surface area contributed by atoms with E-state index in [0.717, 1.165) is 4.47 Å².